The second-order valence-corrected chi connectivity index (χ2v) is 4.34. The monoisotopic (exact) mass is 191 g/mol. The summed E-state index contributed by atoms with van der Waals surface area (Å²) >= 11 is 0. The molecule has 12 heavy (non-hydrogen) atoms. The summed E-state index contributed by atoms with van der Waals surface area (Å²) in [5, 5.41) is 8.39. The number of aliphatic hydroxyl groups excluding tert-OH is 1. The standard InChI is InChI=1S/C7H13NO3S/c1-3-4-7(2)8-12(10,11)6-5-9/h1,7-9H,4-6H2,2H3. The van der Waals surface area contributed by atoms with Gasteiger partial charge in [-0.05, 0) is 6.92 Å². The molecule has 1 atom stereocenters. The summed E-state index contributed by atoms with van der Waals surface area (Å²) in [6.07, 6.45) is 5.34. The number of hydrogen-bond acceptors (Lipinski definition) is 3. The lowest BCUT2D eigenvalue weighted by Crippen LogP contribution is -2.34. The maximum Gasteiger partial charge on any atom is 0.214 e. The van der Waals surface area contributed by atoms with Crippen LogP contribution in [0.15, 0.2) is 0 Å². The molecule has 1 unspecified atom stereocenters. The fraction of sp³-hybridized carbons (Fsp3) is 0.714. The topological polar surface area (TPSA) is 66.4 Å². The lowest BCUT2D eigenvalue weighted by molar-refractivity contribution is 0.319. The zero-order valence-electron chi connectivity index (χ0n) is 6.95. The zero-order chi connectivity index (χ0) is 9.61. The van der Waals surface area contributed by atoms with Gasteiger partial charge in [0.05, 0.1) is 12.4 Å². The van der Waals surface area contributed by atoms with E-state index in [0.717, 1.165) is 0 Å². The first-order valence-electron chi connectivity index (χ1n) is 3.56. The van der Waals surface area contributed by atoms with Crippen molar-refractivity contribution in [2.24, 2.45) is 0 Å². The van der Waals surface area contributed by atoms with Crippen LogP contribution in [0.5, 0.6) is 0 Å². The third-order valence-corrected chi connectivity index (χ3v) is 2.65. The highest BCUT2D eigenvalue weighted by atomic mass is 32.2. The smallest absolute Gasteiger partial charge is 0.214 e. The number of sulfonamides is 1. The van der Waals surface area contributed by atoms with E-state index in [1.54, 1.807) is 6.92 Å². The van der Waals surface area contributed by atoms with Crippen molar-refractivity contribution in [3.63, 3.8) is 0 Å². The zero-order valence-corrected chi connectivity index (χ0v) is 7.76. The third-order valence-electron chi connectivity index (χ3n) is 1.16. The lowest BCUT2D eigenvalue weighted by atomic mass is 10.3. The Morgan fingerprint density at radius 3 is 2.67 bits per heavy atom. The van der Waals surface area contributed by atoms with Gasteiger partial charge in [0, 0.05) is 12.5 Å². The average Bonchev–Trinajstić information content (AvgIpc) is 1.85. The molecule has 70 valence electrons. The van der Waals surface area contributed by atoms with E-state index >= 15 is 0 Å². The van der Waals surface area contributed by atoms with E-state index in [0.29, 0.717) is 6.42 Å². The normalized spacial score (nSPS) is 13.8. The molecule has 0 fully saturated rings. The predicted molar refractivity (Wildman–Crippen MR) is 46.9 cm³/mol. The Hall–Kier alpha value is -0.570. The van der Waals surface area contributed by atoms with Crippen molar-refractivity contribution in [1.82, 2.24) is 4.72 Å². The molecular formula is C7H13NO3S. The molecule has 0 rings (SSSR count). The molecule has 4 nitrogen and oxygen atoms in total. The van der Waals surface area contributed by atoms with E-state index in [1.807, 2.05) is 0 Å². The number of nitrogens with one attached hydrogen (secondary N) is 1. The van der Waals surface area contributed by atoms with Crippen LogP contribution >= 0.6 is 0 Å². The van der Waals surface area contributed by atoms with Crippen LogP contribution in [0.1, 0.15) is 13.3 Å². The molecular weight excluding hydrogens is 178 g/mol. The van der Waals surface area contributed by atoms with Crippen molar-refractivity contribution in [3.05, 3.63) is 0 Å². The van der Waals surface area contributed by atoms with Crippen molar-refractivity contribution >= 4 is 10.0 Å². The summed E-state index contributed by atoms with van der Waals surface area (Å²) in [5.74, 6) is 2.07. The van der Waals surface area contributed by atoms with Crippen molar-refractivity contribution < 1.29 is 13.5 Å². The van der Waals surface area contributed by atoms with Crippen LogP contribution in [0.2, 0.25) is 0 Å². The Morgan fingerprint density at radius 1 is 1.67 bits per heavy atom. The fourth-order valence-electron chi connectivity index (χ4n) is 0.704. The molecule has 0 aromatic carbocycles. The predicted octanol–water partition coefficient (Wildman–Crippen LogP) is -0.690. The van der Waals surface area contributed by atoms with Crippen LogP contribution in [0.25, 0.3) is 0 Å². The number of aliphatic hydroxyl groups is 1. The van der Waals surface area contributed by atoms with E-state index < -0.39 is 10.0 Å². The molecule has 0 aromatic heterocycles. The molecule has 0 saturated heterocycles. The van der Waals surface area contributed by atoms with Crippen LogP contribution in [-0.2, 0) is 10.0 Å². The maximum atomic E-state index is 11.0. The lowest BCUT2D eigenvalue weighted by Gasteiger charge is -2.09. The average molecular weight is 191 g/mol. The van der Waals surface area contributed by atoms with Crippen molar-refractivity contribution in [2.75, 3.05) is 12.4 Å². The third kappa shape index (κ3) is 5.13. The summed E-state index contributed by atoms with van der Waals surface area (Å²) in [6.45, 7) is 1.30. The second-order valence-electron chi connectivity index (χ2n) is 2.47. The number of hydrogen-bond donors (Lipinski definition) is 2. The summed E-state index contributed by atoms with van der Waals surface area (Å²) in [6, 6.07) is -0.272. The molecule has 0 spiro atoms. The van der Waals surface area contributed by atoms with Gasteiger partial charge < -0.3 is 5.11 Å². The van der Waals surface area contributed by atoms with Gasteiger partial charge in [-0.2, -0.15) is 0 Å². The molecule has 5 heteroatoms. The Morgan fingerprint density at radius 2 is 2.25 bits per heavy atom. The minimum Gasteiger partial charge on any atom is -0.395 e. The first-order chi connectivity index (χ1) is 5.52. The van der Waals surface area contributed by atoms with Crippen LogP contribution in [0.3, 0.4) is 0 Å². The van der Waals surface area contributed by atoms with E-state index in [2.05, 4.69) is 10.6 Å². The molecule has 2 N–H and O–H groups in total. The summed E-state index contributed by atoms with van der Waals surface area (Å²) in [5.41, 5.74) is 0. The number of rotatable bonds is 5. The SMILES string of the molecule is C#CCC(C)NS(=O)(=O)CCO. The van der Waals surface area contributed by atoms with Gasteiger partial charge in [-0.1, -0.05) is 0 Å². The Kier molecular flexibility index (Phi) is 4.90. The van der Waals surface area contributed by atoms with Gasteiger partial charge in [0.1, 0.15) is 0 Å². The van der Waals surface area contributed by atoms with E-state index in [-0.39, 0.29) is 18.4 Å². The minimum atomic E-state index is -3.35. The fourth-order valence-corrected chi connectivity index (χ4v) is 1.76. The van der Waals surface area contributed by atoms with E-state index in [1.165, 1.54) is 0 Å². The highest BCUT2D eigenvalue weighted by Crippen LogP contribution is 1.92. The van der Waals surface area contributed by atoms with E-state index in [9.17, 15) is 8.42 Å². The second kappa shape index (κ2) is 5.14. The van der Waals surface area contributed by atoms with Crippen LogP contribution in [0.4, 0.5) is 0 Å². The summed E-state index contributed by atoms with van der Waals surface area (Å²) in [7, 11) is -3.35. The van der Waals surface area contributed by atoms with Gasteiger partial charge in [-0.15, -0.1) is 12.3 Å². The van der Waals surface area contributed by atoms with Crippen molar-refractivity contribution in [1.29, 1.82) is 0 Å². The maximum absolute atomic E-state index is 11.0. The summed E-state index contributed by atoms with van der Waals surface area (Å²) < 4.78 is 24.3. The summed E-state index contributed by atoms with van der Waals surface area (Å²) in [4.78, 5) is 0. The first kappa shape index (κ1) is 11.4. The molecule has 0 bridgehead atoms. The molecule has 0 aliphatic rings. The highest BCUT2D eigenvalue weighted by molar-refractivity contribution is 7.89. The van der Waals surface area contributed by atoms with Crippen LogP contribution < -0.4 is 4.72 Å². The molecule has 0 radical (unpaired) electrons. The highest BCUT2D eigenvalue weighted by Gasteiger charge is 2.12. The van der Waals surface area contributed by atoms with Crippen molar-refractivity contribution in [3.8, 4) is 12.3 Å². The van der Waals surface area contributed by atoms with E-state index in [4.69, 9.17) is 11.5 Å². The van der Waals surface area contributed by atoms with Gasteiger partial charge >= 0.3 is 0 Å². The largest absolute Gasteiger partial charge is 0.395 e. The van der Waals surface area contributed by atoms with Gasteiger partial charge in [0.25, 0.3) is 0 Å². The molecule has 0 heterocycles. The van der Waals surface area contributed by atoms with Crippen LogP contribution in [-0.4, -0.2) is 31.9 Å². The number of terminal acetylenes is 1. The quantitative estimate of drug-likeness (QED) is 0.565. The van der Waals surface area contributed by atoms with Crippen LogP contribution in [0, 0.1) is 12.3 Å². The van der Waals surface area contributed by atoms with Gasteiger partial charge in [-0.3, -0.25) is 0 Å². The Labute approximate surface area is 73.0 Å². The van der Waals surface area contributed by atoms with Crippen molar-refractivity contribution in [2.45, 2.75) is 19.4 Å². The molecule has 0 aromatic rings. The van der Waals surface area contributed by atoms with Gasteiger partial charge in [0.2, 0.25) is 10.0 Å². The van der Waals surface area contributed by atoms with Gasteiger partial charge in [-0.25, -0.2) is 13.1 Å². The Balaban J connectivity index is 3.99. The molecule has 0 amide bonds. The van der Waals surface area contributed by atoms with Gasteiger partial charge in [0.15, 0.2) is 0 Å². The first-order valence-corrected chi connectivity index (χ1v) is 5.21. The molecule has 0 aliphatic carbocycles. The Bertz CT molecular complexity index is 252. The molecule has 0 saturated carbocycles. The minimum absolute atomic E-state index is 0.272. The molecule has 0 aliphatic heterocycles.